The Morgan fingerprint density at radius 2 is 1.86 bits per heavy atom. The van der Waals surface area contributed by atoms with Crippen molar-refractivity contribution in [1.29, 1.82) is 0 Å². The van der Waals surface area contributed by atoms with Crippen LogP contribution in [0, 0.1) is 0 Å². The minimum atomic E-state index is 0.0918. The molecule has 2 aromatic rings. The van der Waals surface area contributed by atoms with Crippen molar-refractivity contribution in [2.45, 2.75) is 6.54 Å². The van der Waals surface area contributed by atoms with Crippen molar-refractivity contribution in [1.82, 2.24) is 14.8 Å². The van der Waals surface area contributed by atoms with E-state index in [9.17, 15) is 4.79 Å². The molecule has 0 spiro atoms. The van der Waals surface area contributed by atoms with Gasteiger partial charge in [-0.25, -0.2) is 0 Å². The molecule has 3 rings (SSSR count). The minimum Gasteiger partial charge on any atom is -0.497 e. The zero-order valence-corrected chi connectivity index (χ0v) is 12.8. The molecule has 0 saturated carbocycles. The average molecular weight is 299 g/mol. The number of H-pyrrole nitrogens is 1. The van der Waals surface area contributed by atoms with Gasteiger partial charge in [-0.3, -0.25) is 9.69 Å². The lowest BCUT2D eigenvalue weighted by molar-refractivity contribution is 0.0623. The molecule has 1 saturated heterocycles. The number of benzene rings is 1. The van der Waals surface area contributed by atoms with E-state index in [0.29, 0.717) is 5.69 Å². The number of piperazine rings is 1. The van der Waals surface area contributed by atoms with Gasteiger partial charge in [0.15, 0.2) is 0 Å². The van der Waals surface area contributed by atoms with Gasteiger partial charge in [0.05, 0.1) is 7.11 Å². The number of hydrogen-bond acceptors (Lipinski definition) is 3. The zero-order chi connectivity index (χ0) is 15.4. The van der Waals surface area contributed by atoms with Gasteiger partial charge >= 0.3 is 0 Å². The van der Waals surface area contributed by atoms with E-state index in [-0.39, 0.29) is 5.91 Å². The van der Waals surface area contributed by atoms with Gasteiger partial charge in [-0.15, -0.1) is 0 Å². The number of carbonyl (C=O) groups excluding carboxylic acids is 1. The normalized spacial score (nSPS) is 15.8. The van der Waals surface area contributed by atoms with Crippen LogP contribution in [0.4, 0.5) is 0 Å². The predicted molar refractivity (Wildman–Crippen MR) is 85.0 cm³/mol. The number of aromatic amines is 1. The molecule has 5 nitrogen and oxygen atoms in total. The van der Waals surface area contributed by atoms with Gasteiger partial charge in [-0.2, -0.15) is 0 Å². The van der Waals surface area contributed by atoms with E-state index in [0.717, 1.165) is 38.5 Å². The number of carbonyl (C=O) groups is 1. The van der Waals surface area contributed by atoms with Crippen LogP contribution in [0.1, 0.15) is 16.1 Å². The first-order valence-corrected chi connectivity index (χ1v) is 7.54. The maximum atomic E-state index is 12.3. The summed E-state index contributed by atoms with van der Waals surface area (Å²) in [5.41, 5.74) is 1.94. The number of methoxy groups -OCH3 is 1. The Bertz CT molecular complexity index is 599. The van der Waals surface area contributed by atoms with E-state index in [1.165, 1.54) is 5.56 Å². The van der Waals surface area contributed by atoms with Crippen LogP contribution in [0.25, 0.3) is 0 Å². The maximum absolute atomic E-state index is 12.3. The molecule has 0 atom stereocenters. The molecule has 1 aliphatic heterocycles. The number of rotatable bonds is 4. The molecule has 0 bridgehead atoms. The fourth-order valence-electron chi connectivity index (χ4n) is 2.73. The number of ether oxygens (including phenoxy) is 1. The molecule has 0 aliphatic carbocycles. The van der Waals surface area contributed by atoms with Gasteiger partial charge in [-0.05, 0) is 29.8 Å². The van der Waals surface area contributed by atoms with Crippen molar-refractivity contribution in [3.8, 4) is 5.75 Å². The fourth-order valence-corrected chi connectivity index (χ4v) is 2.73. The van der Waals surface area contributed by atoms with Crippen LogP contribution in [-0.4, -0.2) is 54.0 Å². The molecule has 0 radical (unpaired) electrons. The number of nitrogens with zero attached hydrogens (tertiary/aromatic N) is 2. The largest absolute Gasteiger partial charge is 0.497 e. The molecule has 1 amide bonds. The third-order valence-electron chi connectivity index (χ3n) is 4.05. The molecule has 1 aromatic carbocycles. The smallest absolute Gasteiger partial charge is 0.270 e. The molecule has 1 aliphatic rings. The lowest BCUT2D eigenvalue weighted by atomic mass is 10.2. The van der Waals surface area contributed by atoms with Crippen molar-refractivity contribution in [3.63, 3.8) is 0 Å². The average Bonchev–Trinajstić information content (AvgIpc) is 3.10. The van der Waals surface area contributed by atoms with Gasteiger partial charge in [0.1, 0.15) is 11.4 Å². The summed E-state index contributed by atoms with van der Waals surface area (Å²) in [6.07, 6.45) is 1.78. The van der Waals surface area contributed by atoms with Gasteiger partial charge in [-0.1, -0.05) is 12.1 Å². The SMILES string of the molecule is COc1ccc(CN2CCN(C(=O)c3ccc[nH]3)CC2)cc1. The van der Waals surface area contributed by atoms with Gasteiger partial charge in [0, 0.05) is 38.9 Å². The van der Waals surface area contributed by atoms with Gasteiger partial charge < -0.3 is 14.6 Å². The lowest BCUT2D eigenvalue weighted by Gasteiger charge is -2.34. The van der Waals surface area contributed by atoms with Gasteiger partial charge in [0.2, 0.25) is 0 Å². The molecule has 22 heavy (non-hydrogen) atoms. The summed E-state index contributed by atoms with van der Waals surface area (Å²) < 4.78 is 5.17. The Morgan fingerprint density at radius 3 is 2.45 bits per heavy atom. The van der Waals surface area contributed by atoms with Crippen molar-refractivity contribution < 1.29 is 9.53 Å². The lowest BCUT2D eigenvalue weighted by Crippen LogP contribution is -2.48. The molecule has 1 fully saturated rings. The summed E-state index contributed by atoms with van der Waals surface area (Å²) >= 11 is 0. The van der Waals surface area contributed by atoms with E-state index in [1.54, 1.807) is 13.3 Å². The second-order valence-electron chi connectivity index (χ2n) is 5.50. The van der Waals surface area contributed by atoms with Crippen LogP contribution in [0.2, 0.25) is 0 Å². The van der Waals surface area contributed by atoms with Crippen molar-refractivity contribution in [2.24, 2.45) is 0 Å². The third kappa shape index (κ3) is 3.31. The molecule has 5 heteroatoms. The van der Waals surface area contributed by atoms with Crippen molar-refractivity contribution in [2.75, 3.05) is 33.3 Å². The fraction of sp³-hybridized carbons (Fsp3) is 0.353. The molecule has 0 unspecified atom stereocenters. The molecular weight excluding hydrogens is 278 g/mol. The standard InChI is InChI=1S/C17H21N3O2/c1-22-15-6-4-14(5-7-15)13-19-9-11-20(12-10-19)17(21)16-3-2-8-18-16/h2-8,18H,9-13H2,1H3. The number of amides is 1. The third-order valence-corrected chi connectivity index (χ3v) is 4.05. The first kappa shape index (κ1) is 14.7. The summed E-state index contributed by atoms with van der Waals surface area (Å²) in [6.45, 7) is 4.26. The van der Waals surface area contributed by atoms with E-state index in [1.807, 2.05) is 29.2 Å². The zero-order valence-electron chi connectivity index (χ0n) is 12.8. The number of hydrogen-bond donors (Lipinski definition) is 1. The second kappa shape index (κ2) is 6.66. The number of nitrogens with one attached hydrogen (secondary N) is 1. The van der Waals surface area contributed by atoms with E-state index >= 15 is 0 Å². The quantitative estimate of drug-likeness (QED) is 0.939. The Kier molecular flexibility index (Phi) is 4.44. The summed E-state index contributed by atoms with van der Waals surface area (Å²) in [7, 11) is 1.68. The summed E-state index contributed by atoms with van der Waals surface area (Å²) in [5, 5.41) is 0. The highest BCUT2D eigenvalue weighted by molar-refractivity contribution is 5.92. The highest BCUT2D eigenvalue weighted by Gasteiger charge is 2.22. The first-order chi connectivity index (χ1) is 10.8. The van der Waals surface area contributed by atoms with E-state index < -0.39 is 0 Å². The summed E-state index contributed by atoms with van der Waals surface area (Å²) in [6, 6.07) is 11.8. The molecule has 1 N–H and O–H groups in total. The summed E-state index contributed by atoms with van der Waals surface area (Å²) in [5.74, 6) is 0.971. The molecular formula is C17H21N3O2. The molecule has 1 aromatic heterocycles. The highest BCUT2D eigenvalue weighted by Crippen LogP contribution is 2.14. The topological polar surface area (TPSA) is 48.6 Å². The first-order valence-electron chi connectivity index (χ1n) is 7.54. The van der Waals surface area contributed by atoms with E-state index in [2.05, 4.69) is 22.0 Å². The summed E-state index contributed by atoms with van der Waals surface area (Å²) in [4.78, 5) is 19.5. The van der Waals surface area contributed by atoms with Crippen LogP contribution in [0.5, 0.6) is 5.75 Å². The van der Waals surface area contributed by atoms with Crippen LogP contribution in [-0.2, 0) is 6.54 Å². The van der Waals surface area contributed by atoms with Crippen LogP contribution < -0.4 is 4.74 Å². The maximum Gasteiger partial charge on any atom is 0.270 e. The van der Waals surface area contributed by atoms with Crippen LogP contribution >= 0.6 is 0 Å². The van der Waals surface area contributed by atoms with Crippen molar-refractivity contribution >= 4 is 5.91 Å². The molecule has 116 valence electrons. The van der Waals surface area contributed by atoms with E-state index in [4.69, 9.17) is 4.74 Å². The Balaban J connectivity index is 1.52. The predicted octanol–water partition coefficient (Wildman–Crippen LogP) is 1.98. The highest BCUT2D eigenvalue weighted by atomic mass is 16.5. The van der Waals surface area contributed by atoms with Crippen LogP contribution in [0.15, 0.2) is 42.6 Å². The Labute approximate surface area is 130 Å². The minimum absolute atomic E-state index is 0.0918. The second-order valence-corrected chi connectivity index (χ2v) is 5.50. The van der Waals surface area contributed by atoms with Gasteiger partial charge in [0.25, 0.3) is 5.91 Å². The van der Waals surface area contributed by atoms with Crippen LogP contribution in [0.3, 0.4) is 0 Å². The molecule has 2 heterocycles. The number of aromatic nitrogens is 1. The monoisotopic (exact) mass is 299 g/mol. The Morgan fingerprint density at radius 1 is 1.14 bits per heavy atom. The Hall–Kier alpha value is -2.27. The van der Waals surface area contributed by atoms with Crippen molar-refractivity contribution in [3.05, 3.63) is 53.9 Å².